The molecule has 2 fully saturated rings. The number of ketones is 1. The molecule has 56 heavy (non-hydrogen) atoms. The molecule has 292 valence electrons. The number of Topliss-reactive ketones (excluding diaryl/α,β-unsaturated/α-hetero) is 1. The van der Waals surface area contributed by atoms with E-state index in [0.29, 0.717) is 30.0 Å². The Bertz CT molecular complexity index is 2040. The predicted octanol–water partition coefficient (Wildman–Crippen LogP) is 11.1. The smallest absolute Gasteiger partial charge is 0.410 e. The van der Waals surface area contributed by atoms with E-state index in [0.717, 1.165) is 66.8 Å². The van der Waals surface area contributed by atoms with Crippen molar-refractivity contribution in [1.82, 2.24) is 14.8 Å². The average Bonchev–Trinajstić information content (AvgIpc) is 4.03. The molecular weight excluding hydrogens is 944 g/mol. The highest BCUT2D eigenvalue weighted by molar-refractivity contribution is 9.10. The summed E-state index contributed by atoms with van der Waals surface area (Å²) < 4.78 is 12.8. The van der Waals surface area contributed by atoms with E-state index >= 15 is 0 Å². The van der Waals surface area contributed by atoms with Crippen LogP contribution >= 0.6 is 71.3 Å². The zero-order chi connectivity index (χ0) is 39.9. The lowest BCUT2D eigenvalue weighted by Crippen LogP contribution is -2.43. The number of likely N-dealkylation sites (tertiary alicyclic amines) is 2. The van der Waals surface area contributed by atoms with Gasteiger partial charge in [-0.25, -0.2) is 14.6 Å². The number of halogens is 3. The monoisotopic (exact) mass is 982 g/mol. The van der Waals surface area contributed by atoms with Gasteiger partial charge in [-0.1, -0.05) is 145 Å². The number of nitrogens with zero attached hydrogens (tertiary/aromatic N) is 3. The number of ether oxygens (including phenoxy) is 2. The highest BCUT2D eigenvalue weighted by Gasteiger charge is 2.33. The summed E-state index contributed by atoms with van der Waals surface area (Å²) in [5.41, 5.74) is 9.46. The van der Waals surface area contributed by atoms with Crippen molar-refractivity contribution in [3.63, 3.8) is 0 Å². The minimum Gasteiger partial charge on any atom is -0.445 e. The van der Waals surface area contributed by atoms with Crippen molar-refractivity contribution in [3.8, 4) is 10.4 Å². The number of carbonyl (C=O) groups is 3. The number of amides is 2. The third-order valence-corrected chi connectivity index (χ3v) is 11.9. The number of rotatable bonds is 9. The number of thiazole rings is 1. The zero-order valence-electron chi connectivity index (χ0n) is 30.4. The van der Waals surface area contributed by atoms with Crippen molar-refractivity contribution < 1.29 is 23.9 Å². The van der Waals surface area contributed by atoms with Crippen LogP contribution in [0.3, 0.4) is 0 Å². The first-order valence-corrected chi connectivity index (χ1v) is 21.9. The Morgan fingerprint density at radius 1 is 0.750 bits per heavy atom. The van der Waals surface area contributed by atoms with Gasteiger partial charge in [-0.3, -0.25) is 14.6 Å². The fourth-order valence-electron chi connectivity index (χ4n) is 6.03. The number of carbonyl (C=O) groups excluding carboxylic acids is 3. The molecule has 2 amide bonds. The minimum atomic E-state index is -0.339. The normalized spacial score (nSPS) is 15.8. The van der Waals surface area contributed by atoms with Gasteiger partial charge in [0.1, 0.15) is 18.2 Å². The largest absolute Gasteiger partial charge is 0.445 e. The first-order chi connectivity index (χ1) is 27.1. The number of nitrogens with two attached hydrogens (primary N) is 1. The maximum atomic E-state index is 12.6. The van der Waals surface area contributed by atoms with Gasteiger partial charge in [0.25, 0.3) is 0 Å². The van der Waals surface area contributed by atoms with E-state index in [2.05, 4.69) is 64.9 Å². The van der Waals surface area contributed by atoms with Crippen LogP contribution in [0.4, 0.5) is 9.59 Å². The van der Waals surface area contributed by atoms with Crippen LogP contribution in [0.1, 0.15) is 58.2 Å². The molecule has 0 aliphatic carbocycles. The van der Waals surface area contributed by atoms with Crippen molar-refractivity contribution in [2.24, 2.45) is 5.73 Å². The van der Waals surface area contributed by atoms with Crippen LogP contribution in [0.2, 0.25) is 0 Å². The van der Waals surface area contributed by atoms with Crippen molar-refractivity contribution in [3.05, 3.63) is 146 Å². The second-order valence-electron chi connectivity index (χ2n) is 12.8. The molecule has 0 unspecified atom stereocenters. The van der Waals surface area contributed by atoms with E-state index < -0.39 is 0 Å². The number of hydrogen-bond donors (Lipinski definition) is 1. The molecule has 2 saturated heterocycles. The van der Waals surface area contributed by atoms with Gasteiger partial charge in [0.05, 0.1) is 27.3 Å². The fourth-order valence-corrected chi connectivity index (χ4v) is 8.20. The van der Waals surface area contributed by atoms with Gasteiger partial charge < -0.3 is 15.2 Å². The summed E-state index contributed by atoms with van der Waals surface area (Å²) in [5, 5.41) is 1.36. The summed E-state index contributed by atoms with van der Waals surface area (Å²) in [6.07, 6.45) is 4.94. The number of hydrogen-bond acceptors (Lipinski definition) is 8. The van der Waals surface area contributed by atoms with E-state index in [1.807, 2.05) is 96.0 Å². The number of thiocarbonyl (C=S) groups is 1. The van der Waals surface area contributed by atoms with Crippen LogP contribution < -0.4 is 5.73 Å². The average molecular weight is 986 g/mol. The summed E-state index contributed by atoms with van der Waals surface area (Å²) in [4.78, 5) is 45.1. The summed E-state index contributed by atoms with van der Waals surface area (Å²) in [5.74, 6) is 0.109. The lowest BCUT2D eigenvalue weighted by atomic mass is 10.2. The SMILES string of the molecule is NC(=S)[C@@H]1CCCN1C(=O)OCc1ccccc1.O=C(CBr)c1ccc(Br)cc1.O=C(OCc1ccccc1)N1CCC[C@H]1c1ncc(-c2ccc(Br)cc2)s1. The van der Waals surface area contributed by atoms with Gasteiger partial charge in [-0.2, -0.15) is 0 Å². The van der Waals surface area contributed by atoms with Gasteiger partial charge in [0.2, 0.25) is 0 Å². The van der Waals surface area contributed by atoms with Crippen LogP contribution in [0.15, 0.2) is 124 Å². The molecule has 0 saturated carbocycles. The zero-order valence-corrected chi connectivity index (χ0v) is 36.8. The minimum absolute atomic E-state index is 0.00229. The Morgan fingerprint density at radius 3 is 1.82 bits per heavy atom. The topological polar surface area (TPSA) is 115 Å². The molecule has 14 heteroatoms. The molecule has 0 radical (unpaired) electrons. The second kappa shape index (κ2) is 22.1. The van der Waals surface area contributed by atoms with Gasteiger partial charge >= 0.3 is 12.2 Å². The molecular formula is C42H41Br3N4O5S2. The molecule has 0 spiro atoms. The van der Waals surface area contributed by atoms with Gasteiger partial charge in [0.15, 0.2) is 5.78 Å². The summed E-state index contributed by atoms with van der Waals surface area (Å²) in [6.45, 7) is 1.95. The summed E-state index contributed by atoms with van der Waals surface area (Å²) in [6, 6.07) is 34.7. The molecule has 7 rings (SSSR count). The number of alkyl halides is 1. The Morgan fingerprint density at radius 2 is 1.27 bits per heavy atom. The Balaban J connectivity index is 0.000000178. The molecule has 0 bridgehead atoms. The first kappa shape index (κ1) is 43.2. The van der Waals surface area contributed by atoms with Crippen LogP contribution in [-0.4, -0.2) is 62.2 Å². The number of aromatic nitrogens is 1. The fraction of sp³-hybridized carbons (Fsp3) is 0.262. The van der Waals surface area contributed by atoms with E-state index in [1.165, 1.54) is 0 Å². The molecule has 3 heterocycles. The molecule has 5 aromatic rings. The molecule has 1 aromatic heterocycles. The van der Waals surface area contributed by atoms with E-state index in [-0.39, 0.29) is 36.7 Å². The molecule has 2 atom stereocenters. The van der Waals surface area contributed by atoms with Crippen molar-refractivity contribution in [1.29, 1.82) is 0 Å². The molecule has 2 aliphatic heterocycles. The van der Waals surface area contributed by atoms with Gasteiger partial charge in [-0.05, 0) is 66.6 Å². The summed E-state index contributed by atoms with van der Waals surface area (Å²) >= 11 is 16.5. The highest BCUT2D eigenvalue weighted by Crippen LogP contribution is 2.38. The highest BCUT2D eigenvalue weighted by atomic mass is 79.9. The third-order valence-electron chi connectivity index (χ3n) is 8.94. The lowest BCUT2D eigenvalue weighted by Gasteiger charge is -2.22. The van der Waals surface area contributed by atoms with Crippen LogP contribution in [-0.2, 0) is 22.7 Å². The van der Waals surface area contributed by atoms with Crippen molar-refractivity contribution >= 4 is 94.3 Å². The van der Waals surface area contributed by atoms with Crippen LogP contribution in [0, 0.1) is 0 Å². The third kappa shape index (κ3) is 12.8. The van der Waals surface area contributed by atoms with Gasteiger partial charge in [0, 0.05) is 33.8 Å². The van der Waals surface area contributed by atoms with Crippen LogP contribution in [0.5, 0.6) is 0 Å². The Kier molecular flexibility index (Phi) is 17.0. The van der Waals surface area contributed by atoms with E-state index in [1.54, 1.807) is 28.4 Å². The predicted molar refractivity (Wildman–Crippen MR) is 236 cm³/mol. The quantitative estimate of drug-likeness (QED) is 0.0882. The van der Waals surface area contributed by atoms with Crippen LogP contribution in [0.25, 0.3) is 10.4 Å². The van der Waals surface area contributed by atoms with Crippen molar-refractivity contribution in [2.45, 2.75) is 51.0 Å². The van der Waals surface area contributed by atoms with Crippen molar-refractivity contribution in [2.75, 3.05) is 18.4 Å². The molecule has 4 aromatic carbocycles. The first-order valence-electron chi connectivity index (χ1n) is 17.9. The number of benzene rings is 4. The van der Waals surface area contributed by atoms with E-state index in [9.17, 15) is 14.4 Å². The van der Waals surface area contributed by atoms with Gasteiger partial charge in [-0.15, -0.1) is 11.3 Å². The molecule has 2 aliphatic rings. The molecule has 2 N–H and O–H groups in total. The Labute approximate surface area is 362 Å². The van der Waals surface area contributed by atoms with E-state index in [4.69, 9.17) is 27.4 Å². The Hall–Kier alpha value is -3.95. The second-order valence-corrected chi connectivity index (χ2v) is 16.7. The lowest BCUT2D eigenvalue weighted by molar-refractivity contribution is 0.0919. The summed E-state index contributed by atoms with van der Waals surface area (Å²) in [7, 11) is 0. The maximum Gasteiger partial charge on any atom is 0.410 e. The standard InChI is InChI=1S/C21H19BrN2O2S.C13H16N2O2S.C8H6Br2O/c22-17-10-8-16(9-11-17)19-13-23-20(27-19)18-7-4-12-24(18)21(25)26-14-15-5-2-1-3-6-15;14-12(18)11-7-4-8-15(11)13(16)17-9-10-5-2-1-3-6-10;9-5-8(11)6-1-3-7(10)4-2-6/h1-3,5-6,8-11,13,18H,4,7,12,14H2;1-3,5-6,11H,4,7-9H2,(H2,14,18);1-4H,5H2/t18-;11-;/m00./s1. The maximum absolute atomic E-state index is 12.6. The molecule has 9 nitrogen and oxygen atoms in total.